The fraction of sp³-hybridized carbons (Fsp3) is 0. The van der Waals surface area contributed by atoms with E-state index in [1.807, 2.05) is 10.8 Å². The number of hydrogen-bond donors (Lipinski definition) is 1. The Kier molecular flexibility index (Phi) is 1.17. The number of rotatable bonds is 1. The van der Waals surface area contributed by atoms with Gasteiger partial charge in [-0.25, -0.2) is 5.53 Å². The second kappa shape index (κ2) is 1.84. The highest BCUT2D eigenvalue weighted by atomic mass is 32.1. The second-order valence-electron chi connectivity index (χ2n) is 1.09. The zero-order valence-electron chi connectivity index (χ0n) is 3.59. The lowest BCUT2D eigenvalue weighted by Gasteiger charge is -1.69. The van der Waals surface area contributed by atoms with Gasteiger partial charge < -0.3 is 0 Å². The first-order valence-electron chi connectivity index (χ1n) is 1.83. The van der Waals surface area contributed by atoms with Crippen LogP contribution in [-0.4, -0.2) is 0 Å². The molecule has 1 aromatic rings. The first-order valence-corrected chi connectivity index (χ1v) is 2.77. The minimum Gasteiger partial charge on any atom is -0.204 e. The van der Waals surface area contributed by atoms with Crippen LogP contribution >= 0.6 is 11.3 Å². The molecule has 0 fully saturated rings. The SMILES string of the molecule is N=Nc1ccsc1. The van der Waals surface area contributed by atoms with Crippen molar-refractivity contribution in [2.45, 2.75) is 0 Å². The van der Waals surface area contributed by atoms with Crippen LogP contribution in [0.25, 0.3) is 0 Å². The molecular weight excluding hydrogens is 108 g/mol. The quantitative estimate of drug-likeness (QED) is 0.541. The highest BCUT2D eigenvalue weighted by molar-refractivity contribution is 7.08. The highest BCUT2D eigenvalue weighted by Gasteiger charge is 1.81. The van der Waals surface area contributed by atoms with E-state index in [9.17, 15) is 0 Å². The smallest absolute Gasteiger partial charge is 0.0956 e. The third kappa shape index (κ3) is 0.838. The molecule has 1 heterocycles. The average Bonchev–Trinajstić information content (AvgIpc) is 2.14. The number of hydrogen-bond acceptors (Lipinski definition) is 3. The summed E-state index contributed by atoms with van der Waals surface area (Å²) < 4.78 is 0. The molecule has 0 atom stereocenters. The van der Waals surface area contributed by atoms with E-state index in [4.69, 9.17) is 5.53 Å². The molecule has 0 amide bonds. The van der Waals surface area contributed by atoms with Crippen LogP contribution in [0, 0.1) is 5.53 Å². The van der Waals surface area contributed by atoms with Gasteiger partial charge in [-0.2, -0.15) is 16.5 Å². The van der Waals surface area contributed by atoms with E-state index in [0.29, 0.717) is 0 Å². The van der Waals surface area contributed by atoms with Crippen LogP contribution in [0.1, 0.15) is 0 Å². The molecule has 0 bridgehead atoms. The molecule has 7 heavy (non-hydrogen) atoms. The van der Waals surface area contributed by atoms with Crippen molar-refractivity contribution in [3.8, 4) is 0 Å². The summed E-state index contributed by atoms with van der Waals surface area (Å²) in [6.07, 6.45) is 0. The van der Waals surface area contributed by atoms with E-state index in [1.165, 1.54) is 0 Å². The predicted molar refractivity (Wildman–Crippen MR) is 29.1 cm³/mol. The first kappa shape index (κ1) is 4.46. The molecule has 0 unspecified atom stereocenters. The fourth-order valence-electron chi connectivity index (χ4n) is 0.321. The van der Waals surface area contributed by atoms with Crippen molar-refractivity contribution in [3.63, 3.8) is 0 Å². The number of nitrogens with zero attached hydrogens (tertiary/aromatic N) is 1. The van der Waals surface area contributed by atoms with Gasteiger partial charge in [-0.1, -0.05) is 0 Å². The topological polar surface area (TPSA) is 36.2 Å². The Labute approximate surface area is 45.3 Å². The summed E-state index contributed by atoms with van der Waals surface area (Å²) in [4.78, 5) is 0. The van der Waals surface area contributed by atoms with Crippen LogP contribution in [0.5, 0.6) is 0 Å². The summed E-state index contributed by atoms with van der Waals surface area (Å²) in [5, 5.41) is 6.91. The van der Waals surface area contributed by atoms with Crippen LogP contribution in [0.4, 0.5) is 5.69 Å². The molecule has 0 aliphatic rings. The molecular formula is C4H4N2S. The van der Waals surface area contributed by atoms with E-state index in [-0.39, 0.29) is 0 Å². The van der Waals surface area contributed by atoms with Crippen molar-refractivity contribution < 1.29 is 0 Å². The third-order valence-electron chi connectivity index (χ3n) is 0.635. The van der Waals surface area contributed by atoms with Gasteiger partial charge in [0.2, 0.25) is 0 Å². The normalized spacial score (nSPS) is 8.57. The van der Waals surface area contributed by atoms with Gasteiger partial charge in [0.15, 0.2) is 0 Å². The minimum atomic E-state index is 0.741. The monoisotopic (exact) mass is 112 g/mol. The van der Waals surface area contributed by atoms with Crippen LogP contribution < -0.4 is 0 Å². The molecule has 0 saturated carbocycles. The molecule has 1 N–H and O–H groups in total. The molecule has 0 aliphatic heterocycles. The summed E-state index contributed by atoms with van der Waals surface area (Å²) in [6, 6.07) is 1.80. The lowest BCUT2D eigenvalue weighted by Crippen LogP contribution is -1.39. The van der Waals surface area contributed by atoms with Gasteiger partial charge in [-0.15, -0.1) is 0 Å². The van der Waals surface area contributed by atoms with Crippen molar-refractivity contribution in [3.05, 3.63) is 16.8 Å². The summed E-state index contributed by atoms with van der Waals surface area (Å²) in [5.74, 6) is 0. The molecule has 1 rings (SSSR count). The van der Waals surface area contributed by atoms with Crippen molar-refractivity contribution >= 4 is 17.0 Å². The summed E-state index contributed by atoms with van der Waals surface area (Å²) in [6.45, 7) is 0. The standard InChI is InChI=1S/C4H4N2S/c5-6-4-1-2-7-3-4/h1-3,5H. The van der Waals surface area contributed by atoms with Gasteiger partial charge in [-0.3, -0.25) is 0 Å². The first-order chi connectivity index (χ1) is 3.43. The average molecular weight is 112 g/mol. The van der Waals surface area contributed by atoms with E-state index in [0.717, 1.165) is 5.69 Å². The molecule has 36 valence electrons. The molecule has 0 aliphatic carbocycles. The second-order valence-corrected chi connectivity index (χ2v) is 1.87. The largest absolute Gasteiger partial charge is 0.204 e. The summed E-state index contributed by atoms with van der Waals surface area (Å²) in [7, 11) is 0. The van der Waals surface area contributed by atoms with Gasteiger partial charge in [0, 0.05) is 5.38 Å². The molecule has 3 heteroatoms. The van der Waals surface area contributed by atoms with Crippen molar-refractivity contribution in [1.29, 1.82) is 5.53 Å². The van der Waals surface area contributed by atoms with Crippen molar-refractivity contribution in [1.82, 2.24) is 0 Å². The van der Waals surface area contributed by atoms with Gasteiger partial charge in [0.25, 0.3) is 0 Å². The van der Waals surface area contributed by atoms with E-state index in [2.05, 4.69) is 5.11 Å². The molecule has 2 nitrogen and oxygen atoms in total. The summed E-state index contributed by atoms with van der Waals surface area (Å²) >= 11 is 1.55. The van der Waals surface area contributed by atoms with Gasteiger partial charge in [-0.05, 0) is 11.4 Å². The Bertz CT molecular complexity index is 145. The lowest BCUT2D eigenvalue weighted by molar-refractivity contribution is 1.15. The molecule has 0 saturated heterocycles. The van der Waals surface area contributed by atoms with E-state index in [1.54, 1.807) is 17.4 Å². The maximum atomic E-state index is 6.49. The van der Waals surface area contributed by atoms with Crippen LogP contribution in [0.3, 0.4) is 0 Å². The Balaban J connectivity index is 2.96. The molecule has 0 aromatic carbocycles. The fourth-order valence-corrected chi connectivity index (χ4v) is 0.888. The van der Waals surface area contributed by atoms with E-state index < -0.39 is 0 Å². The zero-order valence-corrected chi connectivity index (χ0v) is 4.40. The maximum absolute atomic E-state index is 6.49. The van der Waals surface area contributed by atoms with Gasteiger partial charge >= 0.3 is 0 Å². The van der Waals surface area contributed by atoms with Crippen LogP contribution in [0.2, 0.25) is 0 Å². The van der Waals surface area contributed by atoms with Crippen LogP contribution in [0.15, 0.2) is 21.9 Å². The Morgan fingerprint density at radius 3 is 2.86 bits per heavy atom. The number of nitrogens with one attached hydrogen (secondary N) is 1. The Morgan fingerprint density at radius 2 is 2.57 bits per heavy atom. The predicted octanol–water partition coefficient (Wildman–Crippen LogP) is 2.41. The molecule has 1 aromatic heterocycles. The van der Waals surface area contributed by atoms with Gasteiger partial charge in [0.05, 0.1) is 5.69 Å². The molecule has 0 radical (unpaired) electrons. The molecule has 0 spiro atoms. The minimum absolute atomic E-state index is 0.741. The van der Waals surface area contributed by atoms with E-state index >= 15 is 0 Å². The number of thiophene rings is 1. The zero-order chi connectivity index (χ0) is 5.11. The Hall–Kier alpha value is -0.700. The summed E-state index contributed by atoms with van der Waals surface area (Å²) in [5.41, 5.74) is 7.23. The third-order valence-corrected chi connectivity index (χ3v) is 1.31. The highest BCUT2D eigenvalue weighted by Crippen LogP contribution is 2.13. The van der Waals surface area contributed by atoms with Gasteiger partial charge in [0.1, 0.15) is 0 Å². The van der Waals surface area contributed by atoms with Crippen LogP contribution in [-0.2, 0) is 0 Å². The lowest BCUT2D eigenvalue weighted by atomic mass is 10.6. The van der Waals surface area contributed by atoms with Crippen molar-refractivity contribution in [2.75, 3.05) is 0 Å². The van der Waals surface area contributed by atoms with Crippen molar-refractivity contribution in [2.24, 2.45) is 5.11 Å². The Morgan fingerprint density at radius 1 is 1.71 bits per heavy atom. The maximum Gasteiger partial charge on any atom is 0.0956 e.